The van der Waals surface area contributed by atoms with Gasteiger partial charge in [-0.05, 0) is 36.4 Å². The van der Waals surface area contributed by atoms with E-state index in [0.29, 0.717) is 19.5 Å². The summed E-state index contributed by atoms with van der Waals surface area (Å²) in [6.07, 6.45) is 2.20. The number of rotatable bonds is 6. The van der Waals surface area contributed by atoms with Gasteiger partial charge in [0.1, 0.15) is 12.1 Å². The summed E-state index contributed by atoms with van der Waals surface area (Å²) in [6, 6.07) is 12.3. The van der Waals surface area contributed by atoms with Crippen LogP contribution in [0.1, 0.15) is 23.3 Å². The summed E-state index contributed by atoms with van der Waals surface area (Å²) in [4.78, 5) is 16.8. The first kappa shape index (κ1) is 19.7. The summed E-state index contributed by atoms with van der Waals surface area (Å²) < 4.78 is 7.82. The van der Waals surface area contributed by atoms with Gasteiger partial charge in [-0.15, -0.1) is 10.2 Å². The van der Waals surface area contributed by atoms with E-state index in [9.17, 15) is 4.79 Å². The Balaban J connectivity index is 1.34. The summed E-state index contributed by atoms with van der Waals surface area (Å²) in [5.74, 6) is 1.11. The maximum Gasteiger partial charge on any atom is 0.224 e. The van der Waals surface area contributed by atoms with E-state index in [1.165, 1.54) is 22.9 Å². The van der Waals surface area contributed by atoms with Gasteiger partial charge in [0.15, 0.2) is 10.2 Å². The van der Waals surface area contributed by atoms with Crippen LogP contribution in [0.15, 0.2) is 57.4 Å². The molecule has 0 unspecified atom stereocenters. The molecule has 1 amide bonds. The lowest BCUT2D eigenvalue weighted by atomic mass is 10.1. The van der Waals surface area contributed by atoms with E-state index in [0.717, 1.165) is 35.6 Å². The standard InChI is InChI=1S/C21H25N5O2S/c1-16-4-3-5-17(12-16)13-26-11-10-25(9-8-19(26)27)14-18-6-7-20(28-18)29-21-23-22-15-24(21)2/h3-7,12,15H,8-11,13-14H2,1-2H3. The molecule has 1 aliphatic rings. The fourth-order valence-electron chi connectivity index (χ4n) is 3.44. The molecule has 29 heavy (non-hydrogen) atoms. The largest absolute Gasteiger partial charge is 0.453 e. The van der Waals surface area contributed by atoms with Gasteiger partial charge in [-0.25, -0.2) is 0 Å². The first-order chi connectivity index (χ1) is 14.1. The number of aryl methyl sites for hydroxylation is 2. The van der Waals surface area contributed by atoms with E-state index in [-0.39, 0.29) is 5.91 Å². The molecule has 3 aromatic rings. The minimum absolute atomic E-state index is 0.215. The highest BCUT2D eigenvalue weighted by Gasteiger charge is 2.22. The maximum atomic E-state index is 12.6. The van der Waals surface area contributed by atoms with E-state index in [2.05, 4.69) is 40.2 Å². The van der Waals surface area contributed by atoms with Crippen LogP contribution in [0.5, 0.6) is 0 Å². The molecule has 8 heteroatoms. The molecule has 1 aliphatic heterocycles. The zero-order valence-electron chi connectivity index (χ0n) is 16.7. The number of benzene rings is 1. The Kier molecular flexibility index (Phi) is 6.01. The maximum absolute atomic E-state index is 12.6. The molecule has 7 nitrogen and oxygen atoms in total. The van der Waals surface area contributed by atoms with Crippen LogP contribution < -0.4 is 0 Å². The molecule has 1 saturated heterocycles. The van der Waals surface area contributed by atoms with Crippen molar-refractivity contribution in [3.05, 3.63) is 59.6 Å². The lowest BCUT2D eigenvalue weighted by molar-refractivity contribution is -0.130. The Labute approximate surface area is 174 Å². The Morgan fingerprint density at radius 3 is 2.83 bits per heavy atom. The van der Waals surface area contributed by atoms with Gasteiger partial charge in [0.2, 0.25) is 5.91 Å². The van der Waals surface area contributed by atoms with Crippen molar-refractivity contribution >= 4 is 17.7 Å². The Morgan fingerprint density at radius 2 is 2.03 bits per heavy atom. The predicted molar refractivity (Wildman–Crippen MR) is 110 cm³/mol. The number of nitrogens with zero attached hydrogens (tertiary/aromatic N) is 5. The molecule has 1 aromatic carbocycles. The predicted octanol–water partition coefficient (Wildman–Crippen LogP) is 3.10. The van der Waals surface area contributed by atoms with Gasteiger partial charge in [0.25, 0.3) is 0 Å². The normalized spacial score (nSPS) is 15.7. The second-order valence-corrected chi connectivity index (χ2v) is 8.35. The van der Waals surface area contributed by atoms with Gasteiger partial charge in [0, 0.05) is 39.6 Å². The summed E-state index contributed by atoms with van der Waals surface area (Å²) in [7, 11) is 1.91. The number of carbonyl (C=O) groups is 1. The van der Waals surface area contributed by atoms with Gasteiger partial charge >= 0.3 is 0 Å². The third-order valence-electron chi connectivity index (χ3n) is 5.01. The molecule has 152 valence electrons. The number of amides is 1. The van der Waals surface area contributed by atoms with Crippen molar-refractivity contribution in [1.29, 1.82) is 0 Å². The number of hydrogen-bond donors (Lipinski definition) is 0. The van der Waals surface area contributed by atoms with Gasteiger partial charge in [-0.3, -0.25) is 9.69 Å². The second kappa shape index (κ2) is 8.84. The van der Waals surface area contributed by atoms with Crippen LogP contribution in [0, 0.1) is 6.92 Å². The van der Waals surface area contributed by atoms with Crippen LogP contribution in [0.3, 0.4) is 0 Å². The average Bonchev–Trinajstić information content (AvgIpc) is 3.27. The Bertz CT molecular complexity index is 983. The van der Waals surface area contributed by atoms with Gasteiger partial charge in [-0.1, -0.05) is 29.8 Å². The molecule has 0 spiro atoms. The fourth-order valence-corrected chi connectivity index (χ4v) is 4.18. The van der Waals surface area contributed by atoms with Crippen molar-refractivity contribution in [2.75, 3.05) is 19.6 Å². The summed E-state index contributed by atoms with van der Waals surface area (Å²) in [6.45, 7) is 5.77. The van der Waals surface area contributed by atoms with Crippen molar-refractivity contribution in [2.24, 2.45) is 7.05 Å². The van der Waals surface area contributed by atoms with E-state index in [1.54, 1.807) is 6.33 Å². The molecule has 0 bridgehead atoms. The molecule has 0 atom stereocenters. The second-order valence-electron chi connectivity index (χ2n) is 7.38. The third-order valence-corrected chi connectivity index (χ3v) is 5.99. The lowest BCUT2D eigenvalue weighted by Gasteiger charge is -2.22. The fraction of sp³-hybridized carbons (Fsp3) is 0.381. The molecule has 0 saturated carbocycles. The van der Waals surface area contributed by atoms with Crippen LogP contribution in [-0.2, 0) is 24.9 Å². The van der Waals surface area contributed by atoms with Crippen LogP contribution in [-0.4, -0.2) is 50.1 Å². The first-order valence-corrected chi connectivity index (χ1v) is 10.5. The van der Waals surface area contributed by atoms with Crippen molar-refractivity contribution in [3.63, 3.8) is 0 Å². The molecule has 0 aliphatic carbocycles. The number of aromatic nitrogens is 3. The minimum atomic E-state index is 0.215. The molecular formula is C21H25N5O2S. The van der Waals surface area contributed by atoms with Crippen molar-refractivity contribution in [2.45, 2.75) is 36.7 Å². The zero-order valence-corrected chi connectivity index (χ0v) is 17.6. The highest BCUT2D eigenvalue weighted by Crippen LogP contribution is 2.27. The Hall–Kier alpha value is -2.58. The van der Waals surface area contributed by atoms with Crippen LogP contribution >= 0.6 is 11.8 Å². The van der Waals surface area contributed by atoms with Crippen molar-refractivity contribution < 1.29 is 9.21 Å². The monoisotopic (exact) mass is 411 g/mol. The van der Waals surface area contributed by atoms with E-state index < -0.39 is 0 Å². The SMILES string of the molecule is Cc1cccc(CN2CCN(Cc3ccc(Sc4nncn4C)o3)CCC2=O)c1. The molecule has 2 aromatic heterocycles. The Morgan fingerprint density at radius 1 is 1.14 bits per heavy atom. The van der Waals surface area contributed by atoms with Gasteiger partial charge < -0.3 is 13.9 Å². The van der Waals surface area contributed by atoms with Gasteiger partial charge in [-0.2, -0.15) is 0 Å². The number of carbonyl (C=O) groups excluding carboxylic acids is 1. The molecule has 1 fully saturated rings. The third kappa shape index (κ3) is 5.07. The molecule has 4 rings (SSSR count). The smallest absolute Gasteiger partial charge is 0.224 e. The van der Waals surface area contributed by atoms with E-state index >= 15 is 0 Å². The van der Waals surface area contributed by atoms with Crippen LogP contribution in [0.4, 0.5) is 0 Å². The summed E-state index contributed by atoms with van der Waals surface area (Å²) in [5, 5.41) is 9.53. The average molecular weight is 412 g/mol. The highest BCUT2D eigenvalue weighted by molar-refractivity contribution is 7.99. The molecule has 3 heterocycles. The van der Waals surface area contributed by atoms with Gasteiger partial charge in [0.05, 0.1) is 6.54 Å². The van der Waals surface area contributed by atoms with Crippen molar-refractivity contribution in [1.82, 2.24) is 24.6 Å². The first-order valence-electron chi connectivity index (χ1n) is 9.73. The highest BCUT2D eigenvalue weighted by atomic mass is 32.2. The lowest BCUT2D eigenvalue weighted by Crippen LogP contribution is -2.32. The molecule has 0 N–H and O–H groups in total. The summed E-state index contributed by atoms with van der Waals surface area (Å²) >= 11 is 1.45. The van der Waals surface area contributed by atoms with Crippen LogP contribution in [0.2, 0.25) is 0 Å². The summed E-state index contributed by atoms with van der Waals surface area (Å²) in [5.41, 5.74) is 2.41. The van der Waals surface area contributed by atoms with Crippen molar-refractivity contribution in [3.8, 4) is 0 Å². The zero-order chi connectivity index (χ0) is 20.2. The molecular weight excluding hydrogens is 386 g/mol. The number of hydrogen-bond acceptors (Lipinski definition) is 6. The molecule has 0 radical (unpaired) electrons. The quantitative estimate of drug-likeness (QED) is 0.621. The van der Waals surface area contributed by atoms with E-state index in [4.69, 9.17) is 4.42 Å². The topological polar surface area (TPSA) is 67.4 Å². The minimum Gasteiger partial charge on any atom is -0.453 e. The van der Waals surface area contributed by atoms with Crippen LogP contribution in [0.25, 0.3) is 0 Å². The van der Waals surface area contributed by atoms with E-state index in [1.807, 2.05) is 34.7 Å². The number of furan rings is 1.